The summed E-state index contributed by atoms with van der Waals surface area (Å²) in [5, 5.41) is 17.2. The normalized spacial score (nSPS) is 18.5. The molecule has 6 rings (SSSR count). The summed E-state index contributed by atoms with van der Waals surface area (Å²) in [6.45, 7) is 2.42. The Morgan fingerprint density at radius 1 is 1.02 bits per heavy atom. The zero-order valence-electron chi connectivity index (χ0n) is 23.8. The number of amidine groups is 1. The van der Waals surface area contributed by atoms with Gasteiger partial charge < -0.3 is 30.4 Å². The van der Waals surface area contributed by atoms with Crippen molar-refractivity contribution in [3.05, 3.63) is 88.0 Å². The summed E-state index contributed by atoms with van der Waals surface area (Å²) in [6.07, 6.45) is 1.71. The van der Waals surface area contributed by atoms with E-state index in [1.54, 1.807) is 16.8 Å². The van der Waals surface area contributed by atoms with Crippen LogP contribution in [0.5, 0.6) is 0 Å². The summed E-state index contributed by atoms with van der Waals surface area (Å²) in [5.74, 6) is 0.00671. The fraction of sp³-hybridized carbons (Fsp3) is 0.344. The molecular weight excluding hydrogens is 516 g/mol. The Hall–Kier alpha value is -4.21. The molecule has 3 heterocycles. The van der Waals surface area contributed by atoms with Gasteiger partial charge in [-0.1, -0.05) is 18.2 Å². The van der Waals surface area contributed by atoms with E-state index in [0.29, 0.717) is 29.9 Å². The second-order valence-electron chi connectivity index (χ2n) is 11.2. The van der Waals surface area contributed by atoms with E-state index in [1.807, 2.05) is 55.4 Å². The van der Waals surface area contributed by atoms with E-state index < -0.39 is 6.04 Å². The highest BCUT2D eigenvalue weighted by molar-refractivity contribution is 6.42. The van der Waals surface area contributed by atoms with Gasteiger partial charge in [-0.25, -0.2) is 0 Å². The number of likely N-dealkylation sites (N-methyl/N-ethyl adjacent to an activating group) is 1. The topological polar surface area (TPSA) is 101 Å². The molecule has 3 aliphatic heterocycles. The van der Waals surface area contributed by atoms with Gasteiger partial charge >= 0.3 is 0 Å². The summed E-state index contributed by atoms with van der Waals surface area (Å²) in [6, 6.07) is 17.4. The van der Waals surface area contributed by atoms with Crippen molar-refractivity contribution in [2.45, 2.75) is 32.0 Å². The van der Waals surface area contributed by atoms with Crippen LogP contribution < -0.4 is 20.4 Å². The second kappa shape index (κ2) is 11.0. The number of amides is 2. The van der Waals surface area contributed by atoms with Gasteiger partial charge in [-0.05, 0) is 78.0 Å². The molecule has 41 heavy (non-hydrogen) atoms. The van der Waals surface area contributed by atoms with E-state index in [0.717, 1.165) is 48.4 Å². The molecule has 3 N–H and O–H groups in total. The number of rotatable bonds is 5. The number of aliphatic hydroxyl groups is 1. The Morgan fingerprint density at radius 3 is 2.68 bits per heavy atom. The highest BCUT2D eigenvalue weighted by Gasteiger charge is 2.32. The first-order valence-corrected chi connectivity index (χ1v) is 14.1. The Bertz CT molecular complexity index is 1550. The summed E-state index contributed by atoms with van der Waals surface area (Å²) in [5.41, 5.74) is 8.28. The maximum absolute atomic E-state index is 13.6. The third kappa shape index (κ3) is 5.07. The number of carbonyl (C=O) groups excluding carboxylic acids is 2. The minimum absolute atomic E-state index is 0.0768. The molecular formula is C32H36N6O3. The van der Waals surface area contributed by atoms with Gasteiger partial charge in [-0.2, -0.15) is 0 Å². The molecule has 3 aromatic carbocycles. The number of aliphatic imine (C=N–C) groups is 1. The van der Waals surface area contributed by atoms with Crippen molar-refractivity contribution in [2.75, 3.05) is 55.9 Å². The Labute approximate surface area is 240 Å². The van der Waals surface area contributed by atoms with Gasteiger partial charge in [0.1, 0.15) is 0 Å². The minimum Gasteiger partial charge on any atom is -0.392 e. The first kappa shape index (κ1) is 27.0. The molecule has 1 unspecified atom stereocenters. The molecule has 1 atom stereocenters. The molecule has 212 valence electrons. The molecule has 9 nitrogen and oxygen atoms in total. The van der Waals surface area contributed by atoms with E-state index in [1.165, 1.54) is 11.1 Å². The first-order chi connectivity index (χ1) is 19.8. The largest absolute Gasteiger partial charge is 0.392 e. The highest BCUT2D eigenvalue weighted by Crippen LogP contribution is 2.35. The van der Waals surface area contributed by atoms with Crippen molar-refractivity contribution in [3.63, 3.8) is 0 Å². The predicted octanol–water partition coefficient (Wildman–Crippen LogP) is 3.12. The fourth-order valence-electron chi connectivity index (χ4n) is 6.04. The lowest BCUT2D eigenvalue weighted by Crippen LogP contribution is -2.44. The quantitative estimate of drug-likeness (QED) is 0.450. The molecule has 0 saturated carbocycles. The summed E-state index contributed by atoms with van der Waals surface area (Å²) >= 11 is 0. The Morgan fingerprint density at radius 2 is 1.88 bits per heavy atom. The van der Waals surface area contributed by atoms with Crippen molar-refractivity contribution in [3.8, 4) is 0 Å². The van der Waals surface area contributed by atoms with Crippen molar-refractivity contribution in [1.29, 1.82) is 0 Å². The Kier molecular flexibility index (Phi) is 7.23. The van der Waals surface area contributed by atoms with Gasteiger partial charge in [0.25, 0.3) is 11.8 Å². The van der Waals surface area contributed by atoms with Crippen LogP contribution >= 0.6 is 0 Å². The fourth-order valence-corrected chi connectivity index (χ4v) is 6.04. The third-order valence-electron chi connectivity index (χ3n) is 8.32. The molecule has 0 aromatic heterocycles. The molecule has 9 heteroatoms. The molecule has 0 bridgehead atoms. The van der Waals surface area contributed by atoms with Gasteiger partial charge in [0.05, 0.1) is 12.6 Å². The number of hydrogen-bond donors (Lipinski definition) is 3. The van der Waals surface area contributed by atoms with Crippen LogP contribution in [0.3, 0.4) is 0 Å². The van der Waals surface area contributed by atoms with Crippen LogP contribution in [0.25, 0.3) is 0 Å². The molecule has 0 saturated heterocycles. The number of nitrogens with one attached hydrogen (secondary N) is 2. The molecule has 0 aliphatic carbocycles. The number of hydrogen-bond acceptors (Lipinski definition) is 7. The van der Waals surface area contributed by atoms with E-state index >= 15 is 0 Å². The average Bonchev–Trinajstić information content (AvgIpc) is 2.99. The van der Waals surface area contributed by atoms with E-state index in [4.69, 9.17) is 4.99 Å². The molecule has 0 radical (unpaired) electrons. The zero-order chi connectivity index (χ0) is 28.7. The number of aliphatic hydroxyl groups excluding tert-OH is 1. The molecule has 0 spiro atoms. The number of carbonyl (C=O) groups is 2. The second-order valence-corrected chi connectivity index (χ2v) is 11.2. The van der Waals surface area contributed by atoms with Gasteiger partial charge in [0.2, 0.25) is 0 Å². The molecule has 3 aliphatic rings. The summed E-state index contributed by atoms with van der Waals surface area (Å²) in [4.78, 5) is 37.0. The predicted molar refractivity (Wildman–Crippen MR) is 162 cm³/mol. The monoisotopic (exact) mass is 552 g/mol. The van der Waals surface area contributed by atoms with Crippen LogP contribution in [0.15, 0.2) is 59.6 Å². The van der Waals surface area contributed by atoms with E-state index in [2.05, 4.69) is 28.8 Å². The smallest absolute Gasteiger partial charge is 0.289 e. The molecule has 3 aromatic rings. The minimum atomic E-state index is -0.392. The van der Waals surface area contributed by atoms with Gasteiger partial charge in [0.15, 0.2) is 5.84 Å². The SMILES string of the molecule is CN1CC(c2cccc(N3CCc4cc(N(C)C)ccc4C3=O)c2CO)N=C(Nc2ccc3c(c2)CNCC3)C1=O. The van der Waals surface area contributed by atoms with Crippen molar-refractivity contribution < 1.29 is 14.7 Å². The van der Waals surface area contributed by atoms with Crippen LogP contribution in [0, 0.1) is 0 Å². The van der Waals surface area contributed by atoms with E-state index in [9.17, 15) is 14.7 Å². The number of fused-ring (bicyclic) bond motifs is 2. The lowest BCUT2D eigenvalue weighted by Gasteiger charge is -2.33. The summed E-state index contributed by atoms with van der Waals surface area (Å²) in [7, 11) is 5.74. The lowest BCUT2D eigenvalue weighted by molar-refractivity contribution is -0.123. The van der Waals surface area contributed by atoms with Crippen LogP contribution in [0.4, 0.5) is 17.1 Å². The van der Waals surface area contributed by atoms with Crippen molar-refractivity contribution >= 4 is 34.7 Å². The van der Waals surface area contributed by atoms with Crippen LogP contribution in [-0.4, -0.2) is 68.4 Å². The molecule has 0 fully saturated rings. The van der Waals surface area contributed by atoms with Gasteiger partial charge in [-0.15, -0.1) is 0 Å². The van der Waals surface area contributed by atoms with Crippen LogP contribution in [0.2, 0.25) is 0 Å². The maximum atomic E-state index is 13.6. The van der Waals surface area contributed by atoms with Crippen LogP contribution in [0.1, 0.15) is 44.2 Å². The van der Waals surface area contributed by atoms with Crippen LogP contribution in [-0.2, 0) is 30.8 Å². The Balaban J connectivity index is 1.31. The average molecular weight is 553 g/mol. The standard InChI is InChI=1S/C32H36N6O3/c1-36(2)24-9-10-25-21(16-24)12-14-38(31(25)40)29-6-4-5-26(27(29)19-39)28-18-37(3)32(41)30(35-28)34-23-8-7-20-11-13-33-17-22(20)15-23/h4-10,15-16,28,33,39H,11-14,17-19H2,1-3H3,(H,34,35). The summed E-state index contributed by atoms with van der Waals surface area (Å²) < 4.78 is 0. The molecule has 2 amide bonds. The maximum Gasteiger partial charge on any atom is 0.289 e. The highest BCUT2D eigenvalue weighted by atomic mass is 16.3. The van der Waals surface area contributed by atoms with Gasteiger partial charge in [0, 0.05) is 69.0 Å². The number of benzene rings is 3. The number of anilines is 3. The third-order valence-corrected chi connectivity index (χ3v) is 8.32. The van der Waals surface area contributed by atoms with Gasteiger partial charge in [-0.3, -0.25) is 14.6 Å². The zero-order valence-corrected chi connectivity index (χ0v) is 23.8. The van der Waals surface area contributed by atoms with Crippen molar-refractivity contribution in [2.24, 2.45) is 4.99 Å². The number of nitrogens with zero attached hydrogens (tertiary/aromatic N) is 4. The van der Waals surface area contributed by atoms with Crippen molar-refractivity contribution in [1.82, 2.24) is 10.2 Å². The van der Waals surface area contributed by atoms with E-state index in [-0.39, 0.29) is 24.3 Å². The lowest BCUT2D eigenvalue weighted by atomic mass is 9.94. The first-order valence-electron chi connectivity index (χ1n) is 14.1.